The first-order valence-electron chi connectivity index (χ1n) is 10.1. The van der Waals surface area contributed by atoms with E-state index in [0.29, 0.717) is 17.9 Å². The van der Waals surface area contributed by atoms with Gasteiger partial charge in [0.2, 0.25) is 5.91 Å². The Balaban J connectivity index is 1.63. The van der Waals surface area contributed by atoms with Gasteiger partial charge in [-0.3, -0.25) is 9.59 Å². The summed E-state index contributed by atoms with van der Waals surface area (Å²) in [5.41, 5.74) is 1.79. The second kappa shape index (κ2) is 10.9. The molecule has 0 aliphatic rings. The second-order valence-corrected chi connectivity index (χ2v) is 6.95. The summed E-state index contributed by atoms with van der Waals surface area (Å²) in [7, 11) is 0. The first kappa shape index (κ1) is 22.7. The number of amides is 2. The standard InChI is InChI=1S/C25H23FN2O4/c1-2-28(20-14-12-19(26)13-15-20)24(30)17-32-25(31)21-10-6-7-11-22(21)27-23(29)16-18-8-4-3-5-9-18/h3-15H,2,16-17H2,1H3,(H,27,29). The Kier molecular flexibility index (Phi) is 7.70. The third kappa shape index (κ3) is 6.01. The van der Waals surface area contributed by atoms with Crippen LogP contribution in [0.25, 0.3) is 0 Å². The lowest BCUT2D eigenvalue weighted by molar-refractivity contribution is -0.121. The molecule has 0 aliphatic carbocycles. The highest BCUT2D eigenvalue weighted by Gasteiger charge is 2.19. The molecule has 0 bridgehead atoms. The largest absolute Gasteiger partial charge is 0.452 e. The van der Waals surface area contributed by atoms with E-state index in [9.17, 15) is 18.8 Å². The minimum Gasteiger partial charge on any atom is -0.452 e. The van der Waals surface area contributed by atoms with Crippen molar-refractivity contribution in [2.24, 2.45) is 0 Å². The Morgan fingerprint density at radius 3 is 2.25 bits per heavy atom. The van der Waals surface area contributed by atoms with Crippen molar-refractivity contribution in [2.75, 3.05) is 23.4 Å². The fourth-order valence-corrected chi connectivity index (χ4v) is 3.15. The molecule has 0 saturated heterocycles. The summed E-state index contributed by atoms with van der Waals surface area (Å²) in [5, 5.41) is 2.72. The molecule has 1 N–H and O–H groups in total. The SMILES string of the molecule is CCN(C(=O)COC(=O)c1ccccc1NC(=O)Cc1ccccc1)c1ccc(F)cc1. The predicted octanol–water partition coefficient (Wildman–Crippen LogP) is 4.22. The second-order valence-electron chi connectivity index (χ2n) is 6.95. The Hall–Kier alpha value is -4.00. The van der Waals surface area contributed by atoms with Gasteiger partial charge < -0.3 is 15.0 Å². The van der Waals surface area contributed by atoms with Crippen LogP contribution in [0.15, 0.2) is 78.9 Å². The highest BCUT2D eigenvalue weighted by Crippen LogP contribution is 2.18. The lowest BCUT2D eigenvalue weighted by atomic mass is 10.1. The number of nitrogens with one attached hydrogen (secondary N) is 1. The zero-order valence-electron chi connectivity index (χ0n) is 17.6. The average Bonchev–Trinajstić information content (AvgIpc) is 2.80. The van der Waals surface area contributed by atoms with Crippen molar-refractivity contribution < 1.29 is 23.5 Å². The normalized spacial score (nSPS) is 10.3. The predicted molar refractivity (Wildman–Crippen MR) is 120 cm³/mol. The number of para-hydroxylation sites is 1. The highest BCUT2D eigenvalue weighted by molar-refractivity contribution is 6.03. The molecule has 3 rings (SSSR count). The molecule has 2 amide bonds. The maximum atomic E-state index is 13.1. The van der Waals surface area contributed by atoms with Gasteiger partial charge in [0.1, 0.15) is 5.82 Å². The Morgan fingerprint density at radius 2 is 1.56 bits per heavy atom. The number of esters is 1. The van der Waals surface area contributed by atoms with Gasteiger partial charge in [-0.15, -0.1) is 0 Å². The molecule has 0 spiro atoms. The summed E-state index contributed by atoms with van der Waals surface area (Å²) in [6, 6.07) is 21.1. The fraction of sp³-hybridized carbons (Fsp3) is 0.160. The zero-order valence-corrected chi connectivity index (χ0v) is 17.6. The van der Waals surface area contributed by atoms with Crippen LogP contribution in [-0.2, 0) is 20.7 Å². The molecule has 6 nitrogen and oxygen atoms in total. The maximum absolute atomic E-state index is 13.1. The quantitative estimate of drug-likeness (QED) is 0.539. The summed E-state index contributed by atoms with van der Waals surface area (Å²) in [5.74, 6) is -1.86. The van der Waals surface area contributed by atoms with Crippen molar-refractivity contribution in [1.29, 1.82) is 0 Å². The number of nitrogens with zero attached hydrogens (tertiary/aromatic N) is 1. The van der Waals surface area contributed by atoms with Crippen LogP contribution in [0.3, 0.4) is 0 Å². The van der Waals surface area contributed by atoms with Gasteiger partial charge in [0.05, 0.1) is 17.7 Å². The third-order valence-corrected chi connectivity index (χ3v) is 4.71. The van der Waals surface area contributed by atoms with Crippen molar-refractivity contribution in [3.63, 3.8) is 0 Å². The molecule has 0 aromatic heterocycles. The molecule has 0 heterocycles. The van der Waals surface area contributed by atoms with Crippen LogP contribution >= 0.6 is 0 Å². The highest BCUT2D eigenvalue weighted by atomic mass is 19.1. The molecular weight excluding hydrogens is 411 g/mol. The van der Waals surface area contributed by atoms with Gasteiger partial charge in [0.25, 0.3) is 5.91 Å². The lowest BCUT2D eigenvalue weighted by Gasteiger charge is -2.21. The first-order chi connectivity index (χ1) is 15.5. The Morgan fingerprint density at radius 1 is 0.906 bits per heavy atom. The summed E-state index contributed by atoms with van der Waals surface area (Å²) in [6.07, 6.45) is 0.159. The van der Waals surface area contributed by atoms with E-state index in [4.69, 9.17) is 4.74 Å². The van der Waals surface area contributed by atoms with Crippen molar-refractivity contribution in [3.8, 4) is 0 Å². The average molecular weight is 434 g/mol. The lowest BCUT2D eigenvalue weighted by Crippen LogP contribution is -2.34. The number of rotatable bonds is 8. The molecule has 32 heavy (non-hydrogen) atoms. The molecule has 164 valence electrons. The van der Waals surface area contributed by atoms with E-state index in [1.807, 2.05) is 30.3 Å². The van der Waals surface area contributed by atoms with Gasteiger partial charge in [-0.25, -0.2) is 9.18 Å². The Bertz CT molecular complexity index is 1080. The molecule has 7 heteroatoms. The van der Waals surface area contributed by atoms with Crippen LogP contribution in [0.4, 0.5) is 15.8 Å². The van der Waals surface area contributed by atoms with Gasteiger partial charge in [0.15, 0.2) is 6.61 Å². The molecule has 0 saturated carbocycles. The molecule has 0 atom stereocenters. The van der Waals surface area contributed by atoms with E-state index >= 15 is 0 Å². The Labute approximate surface area is 185 Å². The van der Waals surface area contributed by atoms with Crippen LogP contribution in [0.1, 0.15) is 22.8 Å². The topological polar surface area (TPSA) is 75.7 Å². The van der Waals surface area contributed by atoms with Crippen molar-refractivity contribution in [3.05, 3.63) is 95.8 Å². The smallest absolute Gasteiger partial charge is 0.340 e. The summed E-state index contributed by atoms with van der Waals surface area (Å²) in [4.78, 5) is 38.9. The van der Waals surface area contributed by atoms with E-state index in [0.717, 1.165) is 5.56 Å². The summed E-state index contributed by atoms with van der Waals surface area (Å²) in [6.45, 7) is 1.60. The van der Waals surface area contributed by atoms with Gasteiger partial charge in [-0.2, -0.15) is 0 Å². The van der Waals surface area contributed by atoms with Crippen molar-refractivity contribution in [2.45, 2.75) is 13.3 Å². The number of benzene rings is 3. The minimum atomic E-state index is -0.732. The number of hydrogen-bond acceptors (Lipinski definition) is 4. The first-order valence-corrected chi connectivity index (χ1v) is 10.1. The van der Waals surface area contributed by atoms with E-state index in [1.54, 1.807) is 25.1 Å². The van der Waals surface area contributed by atoms with Crippen molar-refractivity contribution in [1.82, 2.24) is 0 Å². The van der Waals surface area contributed by atoms with Crippen molar-refractivity contribution >= 4 is 29.2 Å². The number of likely N-dealkylation sites (N-methyl/N-ethyl adjacent to an activating group) is 1. The van der Waals surface area contributed by atoms with E-state index in [-0.39, 0.29) is 17.9 Å². The van der Waals surface area contributed by atoms with Gasteiger partial charge >= 0.3 is 5.97 Å². The van der Waals surface area contributed by atoms with Gasteiger partial charge in [-0.05, 0) is 48.9 Å². The molecule has 0 aliphatic heterocycles. The zero-order chi connectivity index (χ0) is 22.9. The minimum absolute atomic E-state index is 0.145. The van der Waals surface area contributed by atoms with Gasteiger partial charge in [0, 0.05) is 12.2 Å². The fourth-order valence-electron chi connectivity index (χ4n) is 3.15. The molecule has 3 aromatic rings. The van der Waals surface area contributed by atoms with E-state index in [2.05, 4.69) is 5.32 Å². The van der Waals surface area contributed by atoms with E-state index < -0.39 is 24.3 Å². The molecular formula is C25H23FN2O4. The molecule has 3 aromatic carbocycles. The maximum Gasteiger partial charge on any atom is 0.340 e. The summed E-state index contributed by atoms with van der Waals surface area (Å²) < 4.78 is 18.3. The number of carbonyl (C=O) groups excluding carboxylic acids is 3. The van der Waals surface area contributed by atoms with E-state index in [1.165, 1.54) is 35.2 Å². The number of anilines is 2. The third-order valence-electron chi connectivity index (χ3n) is 4.71. The van der Waals surface area contributed by atoms with Gasteiger partial charge in [-0.1, -0.05) is 42.5 Å². The molecule has 0 fully saturated rings. The van der Waals surface area contributed by atoms with Crippen LogP contribution in [-0.4, -0.2) is 30.9 Å². The number of halogens is 1. The summed E-state index contributed by atoms with van der Waals surface area (Å²) >= 11 is 0. The number of carbonyl (C=O) groups is 3. The van der Waals surface area contributed by atoms with Crippen LogP contribution in [0.2, 0.25) is 0 Å². The molecule has 0 unspecified atom stereocenters. The molecule has 0 radical (unpaired) electrons. The number of hydrogen-bond donors (Lipinski definition) is 1. The van der Waals surface area contributed by atoms with Crippen LogP contribution in [0.5, 0.6) is 0 Å². The number of ether oxygens (including phenoxy) is 1. The monoisotopic (exact) mass is 434 g/mol. The van der Waals surface area contributed by atoms with Crippen LogP contribution < -0.4 is 10.2 Å². The van der Waals surface area contributed by atoms with Crippen LogP contribution in [0, 0.1) is 5.82 Å².